The smallest absolute Gasteiger partial charge is 0.236 e. The molecule has 3 heterocycles. The van der Waals surface area contributed by atoms with E-state index in [0.717, 1.165) is 18.5 Å². The molecule has 4 rings (SSSR count). The molecule has 1 amide bonds. The minimum Gasteiger partial charge on any atom is -0.308 e. The monoisotopic (exact) mass is 445 g/mol. The van der Waals surface area contributed by atoms with Crippen molar-refractivity contribution < 1.29 is 9.18 Å². The number of nitrogens with zero attached hydrogens (tertiary/aromatic N) is 4. The number of aryl methyl sites for hydroxylation is 2. The summed E-state index contributed by atoms with van der Waals surface area (Å²) in [5.74, 6) is -0.246. The number of carbonyl (C=O) groups is 1. The number of carbonyl (C=O) groups excluding carboxylic acids is 1. The first-order chi connectivity index (χ1) is 14.2. The summed E-state index contributed by atoms with van der Waals surface area (Å²) in [7, 11) is 0. The Bertz CT molecular complexity index is 1080. The fourth-order valence-corrected chi connectivity index (χ4v) is 4.74. The summed E-state index contributed by atoms with van der Waals surface area (Å²) in [5.41, 5.74) is 1.50. The average molecular weight is 446 g/mol. The number of hydrogen-bond acceptors (Lipinski definition) is 7. The zero-order valence-corrected chi connectivity index (χ0v) is 17.6. The third-order valence-corrected chi connectivity index (χ3v) is 6.66. The lowest BCUT2D eigenvalue weighted by Crippen LogP contribution is -2.14. The lowest BCUT2D eigenvalue weighted by Gasteiger charge is -2.05. The number of aromatic nitrogens is 4. The zero-order valence-electron chi connectivity index (χ0n) is 15.1. The SMILES string of the molecule is O=C(CSc1nncn1CCc1cccs1)Nc1nc(-c2ccc(F)cc2)cs1. The molecule has 148 valence electrons. The average Bonchev–Trinajstić information content (AvgIpc) is 3.47. The maximum Gasteiger partial charge on any atom is 0.236 e. The molecule has 0 fully saturated rings. The molecule has 3 aromatic heterocycles. The first kappa shape index (κ1) is 19.7. The number of hydrogen-bond donors (Lipinski definition) is 1. The Morgan fingerprint density at radius 1 is 1.21 bits per heavy atom. The number of thiazole rings is 1. The molecule has 0 bridgehead atoms. The molecular weight excluding hydrogens is 429 g/mol. The number of thiophene rings is 1. The van der Waals surface area contributed by atoms with E-state index in [1.54, 1.807) is 29.8 Å². The van der Waals surface area contributed by atoms with Crippen LogP contribution < -0.4 is 5.32 Å². The van der Waals surface area contributed by atoms with Crippen molar-refractivity contribution in [2.75, 3.05) is 11.1 Å². The van der Waals surface area contributed by atoms with Crippen LogP contribution in [0.15, 0.2) is 58.6 Å². The Kier molecular flexibility index (Phi) is 6.33. The molecule has 0 radical (unpaired) electrons. The molecule has 10 heteroatoms. The van der Waals surface area contributed by atoms with Gasteiger partial charge in [-0.05, 0) is 42.1 Å². The molecule has 0 aliphatic rings. The predicted molar refractivity (Wildman–Crippen MR) is 115 cm³/mol. The van der Waals surface area contributed by atoms with Crippen LogP contribution in [0.1, 0.15) is 4.88 Å². The van der Waals surface area contributed by atoms with Gasteiger partial charge in [0, 0.05) is 22.4 Å². The third-order valence-electron chi connectivity index (χ3n) is 3.98. The van der Waals surface area contributed by atoms with E-state index in [9.17, 15) is 9.18 Å². The van der Waals surface area contributed by atoms with E-state index in [1.165, 1.54) is 40.1 Å². The minimum atomic E-state index is -0.294. The number of rotatable bonds is 8. The Morgan fingerprint density at radius 2 is 2.07 bits per heavy atom. The number of anilines is 1. The highest BCUT2D eigenvalue weighted by Gasteiger charge is 2.12. The molecule has 0 unspecified atom stereocenters. The molecule has 0 atom stereocenters. The van der Waals surface area contributed by atoms with Gasteiger partial charge in [-0.1, -0.05) is 17.8 Å². The van der Waals surface area contributed by atoms with Crippen LogP contribution in [0.2, 0.25) is 0 Å². The minimum absolute atomic E-state index is 0.164. The summed E-state index contributed by atoms with van der Waals surface area (Å²) in [4.78, 5) is 18.0. The second-order valence-corrected chi connectivity index (χ2v) is 8.85. The zero-order chi connectivity index (χ0) is 20.1. The van der Waals surface area contributed by atoms with E-state index in [-0.39, 0.29) is 17.5 Å². The van der Waals surface area contributed by atoms with Gasteiger partial charge in [0.05, 0.1) is 11.4 Å². The van der Waals surface area contributed by atoms with Crippen molar-refractivity contribution in [2.45, 2.75) is 18.1 Å². The summed E-state index contributed by atoms with van der Waals surface area (Å²) in [6.45, 7) is 0.769. The summed E-state index contributed by atoms with van der Waals surface area (Å²) >= 11 is 4.39. The highest BCUT2D eigenvalue weighted by molar-refractivity contribution is 7.99. The van der Waals surface area contributed by atoms with Crippen molar-refractivity contribution in [3.05, 3.63) is 64.2 Å². The van der Waals surface area contributed by atoms with Crippen molar-refractivity contribution in [3.8, 4) is 11.3 Å². The Morgan fingerprint density at radius 3 is 2.86 bits per heavy atom. The lowest BCUT2D eigenvalue weighted by molar-refractivity contribution is -0.113. The van der Waals surface area contributed by atoms with Crippen molar-refractivity contribution in [1.29, 1.82) is 0 Å². The van der Waals surface area contributed by atoms with E-state index in [2.05, 4.69) is 31.9 Å². The van der Waals surface area contributed by atoms with E-state index >= 15 is 0 Å². The number of nitrogens with one attached hydrogen (secondary N) is 1. The predicted octanol–water partition coefficient (Wildman–Crippen LogP) is 4.58. The topological polar surface area (TPSA) is 72.7 Å². The van der Waals surface area contributed by atoms with Gasteiger partial charge in [-0.2, -0.15) is 0 Å². The van der Waals surface area contributed by atoms with Gasteiger partial charge in [0.15, 0.2) is 10.3 Å². The van der Waals surface area contributed by atoms with E-state index in [4.69, 9.17) is 0 Å². The second-order valence-electron chi connectivity index (χ2n) is 6.02. The Labute approximate surface area is 178 Å². The van der Waals surface area contributed by atoms with Gasteiger partial charge in [-0.25, -0.2) is 9.37 Å². The molecule has 0 saturated carbocycles. The summed E-state index contributed by atoms with van der Waals surface area (Å²) in [6.07, 6.45) is 2.59. The highest BCUT2D eigenvalue weighted by Crippen LogP contribution is 2.25. The van der Waals surface area contributed by atoms with E-state index in [0.29, 0.717) is 16.0 Å². The molecule has 0 aliphatic carbocycles. The Balaban J connectivity index is 1.30. The van der Waals surface area contributed by atoms with Crippen LogP contribution in [0.5, 0.6) is 0 Å². The van der Waals surface area contributed by atoms with Gasteiger partial charge in [0.25, 0.3) is 0 Å². The van der Waals surface area contributed by atoms with Crippen LogP contribution in [0.4, 0.5) is 9.52 Å². The number of amides is 1. The maximum atomic E-state index is 13.0. The van der Waals surface area contributed by atoms with Crippen molar-refractivity contribution >= 4 is 45.5 Å². The van der Waals surface area contributed by atoms with Crippen molar-refractivity contribution in [2.24, 2.45) is 0 Å². The van der Waals surface area contributed by atoms with Crippen molar-refractivity contribution in [3.63, 3.8) is 0 Å². The fraction of sp³-hybridized carbons (Fsp3) is 0.158. The van der Waals surface area contributed by atoms with Crippen LogP contribution >= 0.6 is 34.4 Å². The van der Waals surface area contributed by atoms with Crippen LogP contribution in [-0.2, 0) is 17.8 Å². The first-order valence-electron chi connectivity index (χ1n) is 8.72. The molecule has 1 aromatic carbocycles. The molecule has 0 spiro atoms. The van der Waals surface area contributed by atoms with Gasteiger partial charge < -0.3 is 9.88 Å². The van der Waals surface area contributed by atoms with Crippen LogP contribution in [0, 0.1) is 5.82 Å². The maximum absolute atomic E-state index is 13.0. The molecule has 1 N–H and O–H groups in total. The van der Waals surface area contributed by atoms with Gasteiger partial charge in [-0.15, -0.1) is 32.9 Å². The standard InChI is InChI=1S/C19H16FN5OS3/c20-14-5-3-13(4-6-14)16-10-28-18(22-16)23-17(26)11-29-19-24-21-12-25(19)8-7-15-2-1-9-27-15/h1-6,9-10,12H,7-8,11H2,(H,22,23,26). The number of thioether (sulfide) groups is 1. The number of benzene rings is 1. The third kappa shape index (κ3) is 5.28. The molecule has 29 heavy (non-hydrogen) atoms. The molecule has 0 saturated heterocycles. The lowest BCUT2D eigenvalue weighted by atomic mass is 10.2. The van der Waals surface area contributed by atoms with Gasteiger partial charge >= 0.3 is 0 Å². The van der Waals surface area contributed by atoms with Crippen molar-refractivity contribution in [1.82, 2.24) is 19.7 Å². The van der Waals surface area contributed by atoms with Gasteiger partial charge in [-0.3, -0.25) is 4.79 Å². The number of halogens is 1. The molecule has 4 aromatic rings. The largest absolute Gasteiger partial charge is 0.308 e. The molecule has 6 nitrogen and oxygen atoms in total. The summed E-state index contributed by atoms with van der Waals surface area (Å²) in [5, 5.41) is 16.0. The quantitative estimate of drug-likeness (QED) is 0.402. The summed E-state index contributed by atoms with van der Waals surface area (Å²) < 4.78 is 15.0. The van der Waals surface area contributed by atoms with Crippen LogP contribution in [0.25, 0.3) is 11.3 Å². The molecular formula is C19H16FN5OS3. The highest BCUT2D eigenvalue weighted by atomic mass is 32.2. The van der Waals surface area contributed by atoms with E-state index in [1.807, 2.05) is 16.0 Å². The second kappa shape index (κ2) is 9.29. The van der Waals surface area contributed by atoms with Crippen LogP contribution in [0.3, 0.4) is 0 Å². The van der Waals surface area contributed by atoms with E-state index < -0.39 is 0 Å². The fourth-order valence-electron chi connectivity index (χ4n) is 2.56. The van der Waals surface area contributed by atoms with Crippen LogP contribution in [-0.4, -0.2) is 31.4 Å². The Hall–Kier alpha value is -2.56. The first-order valence-corrected chi connectivity index (χ1v) is 11.5. The summed E-state index contributed by atoms with van der Waals surface area (Å²) in [6, 6.07) is 10.2. The molecule has 0 aliphatic heterocycles. The van der Waals surface area contributed by atoms with Gasteiger partial charge in [0.2, 0.25) is 5.91 Å². The normalized spacial score (nSPS) is 10.9. The van der Waals surface area contributed by atoms with Gasteiger partial charge in [0.1, 0.15) is 12.1 Å².